The average molecular weight is 409 g/mol. The molecule has 1 fully saturated rings. The van der Waals surface area contributed by atoms with Crippen LogP contribution in [-0.2, 0) is 16.1 Å². The van der Waals surface area contributed by atoms with Crippen molar-refractivity contribution < 1.29 is 9.53 Å². The molecule has 0 spiro atoms. The summed E-state index contributed by atoms with van der Waals surface area (Å²) in [6, 6.07) is 4.44. The second-order valence-electron chi connectivity index (χ2n) is 7.31. The number of rotatable bonds is 8. The lowest BCUT2D eigenvalue weighted by Crippen LogP contribution is -2.43. The smallest absolute Gasteiger partial charge is 0.233 e. The summed E-state index contributed by atoms with van der Waals surface area (Å²) < 4.78 is 7.94. The third-order valence-corrected chi connectivity index (χ3v) is 6.41. The van der Waals surface area contributed by atoms with E-state index in [-0.39, 0.29) is 24.1 Å². The van der Waals surface area contributed by atoms with E-state index < -0.39 is 0 Å². The Kier molecular flexibility index (Phi) is 6.94. The van der Waals surface area contributed by atoms with Crippen LogP contribution < -0.4 is 0 Å². The molecular formula is C19H28N4O2S2. The van der Waals surface area contributed by atoms with Gasteiger partial charge in [-0.2, -0.15) is 0 Å². The number of amides is 1. The van der Waals surface area contributed by atoms with Gasteiger partial charge >= 0.3 is 0 Å². The monoisotopic (exact) mass is 408 g/mol. The van der Waals surface area contributed by atoms with Gasteiger partial charge in [-0.3, -0.25) is 9.36 Å². The number of carbonyl (C=O) groups excluding carboxylic acids is 1. The highest BCUT2D eigenvalue weighted by atomic mass is 32.2. The number of hydrogen-bond donors (Lipinski definition) is 0. The van der Waals surface area contributed by atoms with Gasteiger partial charge in [0.2, 0.25) is 5.91 Å². The number of nitrogens with zero attached hydrogens (tertiary/aromatic N) is 4. The third kappa shape index (κ3) is 4.92. The van der Waals surface area contributed by atoms with Crippen LogP contribution in [-0.4, -0.2) is 56.1 Å². The number of hydrogen-bond acceptors (Lipinski definition) is 6. The SMILES string of the molecule is CC(C)N(C(=O)CSc1nnc(-c2cccs2)n1CC1CCCO1)C(C)C. The van der Waals surface area contributed by atoms with Crippen LogP contribution in [0.4, 0.5) is 0 Å². The molecule has 1 amide bonds. The fourth-order valence-electron chi connectivity index (χ4n) is 3.51. The highest BCUT2D eigenvalue weighted by Crippen LogP contribution is 2.29. The number of thiophene rings is 1. The van der Waals surface area contributed by atoms with E-state index in [9.17, 15) is 4.79 Å². The molecule has 0 radical (unpaired) electrons. The van der Waals surface area contributed by atoms with Crippen molar-refractivity contribution in [3.8, 4) is 10.7 Å². The standard InChI is InChI=1S/C19H28N4O2S2/c1-13(2)23(14(3)4)17(24)12-27-19-21-20-18(16-8-6-10-26-16)22(19)11-15-7-5-9-25-15/h6,8,10,13-15H,5,7,9,11-12H2,1-4H3. The molecule has 1 saturated heterocycles. The van der Waals surface area contributed by atoms with Crippen LogP contribution in [0, 0.1) is 0 Å². The van der Waals surface area contributed by atoms with Crippen molar-refractivity contribution >= 4 is 29.0 Å². The van der Waals surface area contributed by atoms with Crippen LogP contribution in [0.15, 0.2) is 22.7 Å². The minimum atomic E-state index is 0.134. The highest BCUT2D eigenvalue weighted by Gasteiger charge is 2.24. The van der Waals surface area contributed by atoms with Crippen LogP contribution >= 0.6 is 23.1 Å². The van der Waals surface area contributed by atoms with E-state index in [0.29, 0.717) is 5.75 Å². The Morgan fingerprint density at radius 3 is 2.74 bits per heavy atom. The minimum absolute atomic E-state index is 0.134. The van der Waals surface area contributed by atoms with E-state index in [4.69, 9.17) is 4.74 Å². The maximum Gasteiger partial charge on any atom is 0.233 e. The van der Waals surface area contributed by atoms with E-state index in [2.05, 4.69) is 48.5 Å². The molecule has 2 aromatic rings. The molecule has 0 aliphatic carbocycles. The van der Waals surface area contributed by atoms with Crippen LogP contribution in [0.2, 0.25) is 0 Å². The molecule has 1 aliphatic heterocycles. The minimum Gasteiger partial charge on any atom is -0.376 e. The van der Waals surface area contributed by atoms with Crippen LogP contribution in [0.1, 0.15) is 40.5 Å². The molecule has 2 aromatic heterocycles. The first kappa shape index (κ1) is 20.4. The summed E-state index contributed by atoms with van der Waals surface area (Å²) in [6.45, 7) is 9.76. The fourth-order valence-corrected chi connectivity index (χ4v) is 5.05. The van der Waals surface area contributed by atoms with Gasteiger partial charge in [0.15, 0.2) is 11.0 Å². The zero-order chi connectivity index (χ0) is 19.4. The third-order valence-electron chi connectivity index (χ3n) is 4.59. The molecule has 27 heavy (non-hydrogen) atoms. The van der Waals surface area contributed by atoms with E-state index in [1.807, 2.05) is 16.3 Å². The average Bonchev–Trinajstić information content (AvgIpc) is 3.35. The topological polar surface area (TPSA) is 60.2 Å². The summed E-state index contributed by atoms with van der Waals surface area (Å²) in [7, 11) is 0. The zero-order valence-electron chi connectivity index (χ0n) is 16.4. The normalized spacial score (nSPS) is 17.2. The quantitative estimate of drug-likeness (QED) is 0.620. The maximum absolute atomic E-state index is 12.7. The summed E-state index contributed by atoms with van der Waals surface area (Å²) >= 11 is 3.12. The van der Waals surface area contributed by atoms with Gasteiger partial charge in [0.05, 0.1) is 23.3 Å². The van der Waals surface area contributed by atoms with Gasteiger partial charge in [-0.05, 0) is 52.0 Å². The number of ether oxygens (including phenoxy) is 1. The zero-order valence-corrected chi connectivity index (χ0v) is 18.1. The highest BCUT2D eigenvalue weighted by molar-refractivity contribution is 7.99. The molecule has 6 nitrogen and oxygen atoms in total. The molecule has 3 heterocycles. The molecule has 148 valence electrons. The van der Waals surface area contributed by atoms with Crippen molar-refractivity contribution in [2.45, 2.75) is 70.4 Å². The van der Waals surface area contributed by atoms with Crippen LogP contribution in [0.25, 0.3) is 10.7 Å². The predicted molar refractivity (Wildman–Crippen MR) is 110 cm³/mol. The van der Waals surface area contributed by atoms with Gasteiger partial charge in [-0.1, -0.05) is 17.8 Å². The Morgan fingerprint density at radius 1 is 1.37 bits per heavy atom. The largest absolute Gasteiger partial charge is 0.376 e. The lowest BCUT2D eigenvalue weighted by atomic mass is 10.2. The Hall–Kier alpha value is -1.38. The molecule has 0 N–H and O–H groups in total. The van der Waals surface area contributed by atoms with Crippen molar-refractivity contribution in [3.05, 3.63) is 17.5 Å². The van der Waals surface area contributed by atoms with Crippen molar-refractivity contribution in [1.82, 2.24) is 19.7 Å². The molecule has 3 rings (SSSR count). The lowest BCUT2D eigenvalue weighted by Gasteiger charge is -2.30. The van der Waals surface area contributed by atoms with Gasteiger partial charge in [-0.15, -0.1) is 21.5 Å². The molecular weight excluding hydrogens is 380 g/mol. The van der Waals surface area contributed by atoms with Gasteiger partial charge < -0.3 is 9.64 Å². The van der Waals surface area contributed by atoms with Gasteiger partial charge in [0.1, 0.15) is 0 Å². The summed E-state index contributed by atoms with van der Waals surface area (Å²) in [6.07, 6.45) is 2.34. The van der Waals surface area contributed by atoms with Crippen molar-refractivity contribution in [2.75, 3.05) is 12.4 Å². The molecule has 1 atom stereocenters. The summed E-state index contributed by atoms with van der Waals surface area (Å²) in [4.78, 5) is 15.7. The summed E-state index contributed by atoms with van der Waals surface area (Å²) in [5, 5.41) is 11.6. The Morgan fingerprint density at radius 2 is 2.15 bits per heavy atom. The van der Waals surface area contributed by atoms with Crippen molar-refractivity contribution in [2.24, 2.45) is 0 Å². The number of aromatic nitrogens is 3. The number of carbonyl (C=O) groups is 1. The second kappa shape index (κ2) is 9.21. The molecule has 0 bridgehead atoms. The van der Waals surface area contributed by atoms with E-state index in [0.717, 1.165) is 41.9 Å². The van der Waals surface area contributed by atoms with Gasteiger partial charge in [0.25, 0.3) is 0 Å². The van der Waals surface area contributed by atoms with Crippen molar-refractivity contribution in [1.29, 1.82) is 0 Å². The van der Waals surface area contributed by atoms with Crippen LogP contribution in [0.3, 0.4) is 0 Å². The predicted octanol–water partition coefficient (Wildman–Crippen LogP) is 3.92. The van der Waals surface area contributed by atoms with E-state index in [1.54, 1.807) is 11.3 Å². The number of thioether (sulfide) groups is 1. The molecule has 1 unspecified atom stereocenters. The maximum atomic E-state index is 12.7. The summed E-state index contributed by atoms with van der Waals surface area (Å²) in [5.41, 5.74) is 0. The van der Waals surface area contributed by atoms with Gasteiger partial charge in [-0.25, -0.2) is 0 Å². The van der Waals surface area contributed by atoms with Crippen LogP contribution in [0.5, 0.6) is 0 Å². The van der Waals surface area contributed by atoms with Crippen molar-refractivity contribution in [3.63, 3.8) is 0 Å². The van der Waals surface area contributed by atoms with Gasteiger partial charge in [0, 0.05) is 18.7 Å². The molecule has 0 saturated carbocycles. The Balaban J connectivity index is 1.77. The Labute approximate surface area is 169 Å². The van der Waals surface area contributed by atoms with E-state index >= 15 is 0 Å². The second-order valence-corrected chi connectivity index (χ2v) is 9.20. The molecule has 1 aliphatic rings. The first-order valence-corrected chi connectivity index (χ1v) is 11.4. The molecule has 8 heteroatoms. The molecule has 0 aromatic carbocycles. The summed E-state index contributed by atoms with van der Waals surface area (Å²) in [5.74, 6) is 1.36. The lowest BCUT2D eigenvalue weighted by molar-refractivity contribution is -0.131. The first-order valence-electron chi connectivity index (χ1n) is 9.50. The first-order chi connectivity index (χ1) is 13.0. The Bertz CT molecular complexity index is 729. The van der Waals surface area contributed by atoms with E-state index in [1.165, 1.54) is 11.8 Å². The fraction of sp³-hybridized carbons (Fsp3) is 0.632.